The van der Waals surface area contributed by atoms with Gasteiger partial charge in [0.15, 0.2) is 0 Å². The molecule has 0 spiro atoms. The van der Waals surface area contributed by atoms with Gasteiger partial charge in [0.05, 0.1) is 26.2 Å². The van der Waals surface area contributed by atoms with Gasteiger partial charge in [-0.05, 0) is 44.5 Å². The lowest BCUT2D eigenvalue weighted by Gasteiger charge is -2.19. The van der Waals surface area contributed by atoms with E-state index in [1.807, 2.05) is 26.0 Å². The predicted octanol–water partition coefficient (Wildman–Crippen LogP) is 0.953. The Morgan fingerprint density at radius 3 is 2.32 bits per heavy atom. The van der Waals surface area contributed by atoms with Crippen molar-refractivity contribution in [1.29, 1.82) is 0 Å². The minimum Gasteiger partial charge on any atom is -0.450 e. The van der Waals surface area contributed by atoms with Gasteiger partial charge in [0, 0.05) is 5.69 Å². The number of anilines is 1. The highest BCUT2D eigenvalue weighted by Crippen LogP contribution is 2.17. The zero-order chi connectivity index (χ0) is 21.1. The monoisotopic (exact) mass is 392 g/mol. The Morgan fingerprint density at radius 1 is 1.00 bits per heavy atom. The average Bonchev–Trinajstić information content (AvgIpc) is 2.63. The average molecular weight is 392 g/mol. The van der Waals surface area contributed by atoms with E-state index in [9.17, 15) is 19.2 Å². The van der Waals surface area contributed by atoms with E-state index in [-0.39, 0.29) is 32.1 Å². The summed E-state index contributed by atoms with van der Waals surface area (Å²) in [7, 11) is 0. The largest absolute Gasteiger partial charge is 0.450 e. The fourth-order valence-electron chi connectivity index (χ4n) is 2.32. The molecule has 0 atom stereocenters. The maximum atomic E-state index is 12.0. The fraction of sp³-hybridized carbons (Fsp3) is 0.474. The molecule has 0 unspecified atom stereocenters. The van der Waals surface area contributed by atoms with Crippen LogP contribution in [0.25, 0.3) is 0 Å². The first-order valence-electron chi connectivity index (χ1n) is 9.08. The number of carbonyl (C=O) groups is 4. The van der Waals surface area contributed by atoms with Gasteiger partial charge in [-0.25, -0.2) is 4.79 Å². The molecule has 0 bridgehead atoms. The van der Waals surface area contributed by atoms with Crippen LogP contribution in [0, 0.1) is 13.8 Å². The van der Waals surface area contributed by atoms with Crippen LogP contribution in [0.1, 0.15) is 25.0 Å². The molecule has 0 heterocycles. The predicted molar refractivity (Wildman–Crippen MR) is 105 cm³/mol. The molecule has 0 aliphatic carbocycles. The van der Waals surface area contributed by atoms with E-state index in [0.29, 0.717) is 12.2 Å². The molecule has 0 fully saturated rings. The number of nitrogens with zero attached hydrogens (tertiary/aromatic N) is 1. The summed E-state index contributed by atoms with van der Waals surface area (Å²) in [6.07, 6.45) is -0.823. The summed E-state index contributed by atoms with van der Waals surface area (Å²) in [5.41, 5.74) is 2.72. The molecule has 0 radical (unpaired) electrons. The lowest BCUT2D eigenvalue weighted by Crippen LogP contribution is -2.45. The summed E-state index contributed by atoms with van der Waals surface area (Å²) in [5, 5.41) is 7.35. The topological polar surface area (TPSA) is 117 Å². The van der Waals surface area contributed by atoms with Crippen molar-refractivity contribution in [2.75, 3.05) is 38.1 Å². The first-order valence-corrected chi connectivity index (χ1v) is 9.08. The van der Waals surface area contributed by atoms with Gasteiger partial charge >= 0.3 is 6.09 Å². The van der Waals surface area contributed by atoms with Crippen molar-refractivity contribution in [3.63, 3.8) is 0 Å². The second kappa shape index (κ2) is 11.7. The van der Waals surface area contributed by atoms with Crippen molar-refractivity contribution in [2.45, 2.75) is 27.7 Å². The van der Waals surface area contributed by atoms with Crippen molar-refractivity contribution < 1.29 is 23.9 Å². The number of nitrogens with one attached hydrogen (secondary N) is 3. The molecular formula is C19H28N4O5. The maximum Gasteiger partial charge on any atom is 0.413 e. The minimum atomic E-state index is -0.823. The second-order valence-electron chi connectivity index (χ2n) is 6.14. The number of aryl methyl sites for hydroxylation is 1. The Bertz CT molecular complexity index is 720. The summed E-state index contributed by atoms with van der Waals surface area (Å²) in [6, 6.07) is 5.59. The minimum absolute atomic E-state index is 0.0799. The molecule has 9 heteroatoms. The number of amides is 4. The first kappa shape index (κ1) is 23.1. The van der Waals surface area contributed by atoms with Gasteiger partial charge in [0.2, 0.25) is 17.7 Å². The van der Waals surface area contributed by atoms with Crippen molar-refractivity contribution >= 4 is 29.5 Å². The van der Waals surface area contributed by atoms with Crippen LogP contribution in [0.15, 0.2) is 18.2 Å². The van der Waals surface area contributed by atoms with Crippen LogP contribution >= 0.6 is 0 Å². The molecular weight excluding hydrogens is 364 g/mol. The molecule has 3 N–H and O–H groups in total. The second-order valence-corrected chi connectivity index (χ2v) is 6.14. The number of hydrogen-bond donors (Lipinski definition) is 3. The Morgan fingerprint density at radius 2 is 1.68 bits per heavy atom. The van der Waals surface area contributed by atoms with Crippen LogP contribution in [0.5, 0.6) is 0 Å². The quantitative estimate of drug-likeness (QED) is 0.576. The molecule has 1 aromatic carbocycles. The lowest BCUT2D eigenvalue weighted by atomic mass is 10.1. The van der Waals surface area contributed by atoms with Gasteiger partial charge in [-0.1, -0.05) is 19.1 Å². The molecule has 1 rings (SSSR count). The van der Waals surface area contributed by atoms with Crippen LogP contribution in [-0.4, -0.2) is 61.5 Å². The van der Waals surface area contributed by atoms with Crippen LogP contribution in [0.3, 0.4) is 0 Å². The summed E-state index contributed by atoms with van der Waals surface area (Å²) >= 11 is 0. The van der Waals surface area contributed by atoms with Crippen LogP contribution in [0.2, 0.25) is 0 Å². The van der Waals surface area contributed by atoms with E-state index < -0.39 is 17.9 Å². The Kier molecular flexibility index (Phi) is 9.66. The van der Waals surface area contributed by atoms with Gasteiger partial charge in [-0.15, -0.1) is 0 Å². The van der Waals surface area contributed by atoms with Crippen molar-refractivity contribution in [3.05, 3.63) is 29.3 Å². The van der Waals surface area contributed by atoms with E-state index in [2.05, 4.69) is 20.7 Å². The van der Waals surface area contributed by atoms with E-state index in [1.165, 1.54) is 4.90 Å². The molecule has 0 aliphatic rings. The number of likely N-dealkylation sites (N-methyl/N-ethyl adjacent to an activating group) is 1. The smallest absolute Gasteiger partial charge is 0.413 e. The highest BCUT2D eigenvalue weighted by atomic mass is 16.5. The van der Waals surface area contributed by atoms with E-state index in [0.717, 1.165) is 11.1 Å². The zero-order valence-corrected chi connectivity index (χ0v) is 16.8. The third kappa shape index (κ3) is 8.17. The highest BCUT2D eigenvalue weighted by molar-refractivity contribution is 5.96. The van der Waals surface area contributed by atoms with E-state index in [4.69, 9.17) is 0 Å². The van der Waals surface area contributed by atoms with Crippen LogP contribution in [0.4, 0.5) is 10.5 Å². The van der Waals surface area contributed by atoms with Gasteiger partial charge in [0.1, 0.15) is 0 Å². The molecule has 9 nitrogen and oxygen atoms in total. The Balaban J connectivity index is 2.42. The van der Waals surface area contributed by atoms with Gasteiger partial charge in [-0.2, -0.15) is 0 Å². The molecule has 0 aliphatic heterocycles. The molecule has 0 aromatic heterocycles. The van der Waals surface area contributed by atoms with Crippen molar-refractivity contribution in [3.8, 4) is 0 Å². The Labute approximate surface area is 164 Å². The first-order chi connectivity index (χ1) is 13.3. The molecule has 154 valence electrons. The van der Waals surface area contributed by atoms with E-state index >= 15 is 0 Å². The highest BCUT2D eigenvalue weighted by Gasteiger charge is 2.16. The number of benzene rings is 1. The van der Waals surface area contributed by atoms with E-state index in [1.54, 1.807) is 19.9 Å². The van der Waals surface area contributed by atoms with Gasteiger partial charge in [-0.3, -0.25) is 24.6 Å². The number of alkyl carbamates (subject to hydrolysis) is 1. The standard InChI is InChI=1S/C19H28N4O5/c1-5-23(12-18(26)22-19(27)28-6-2)11-17(25)20-10-16(24)21-15-9-7-8-13(3)14(15)4/h7-9H,5-6,10-12H2,1-4H3,(H,20,25)(H,21,24)(H,22,26,27). The van der Waals surface area contributed by atoms with Crippen LogP contribution < -0.4 is 16.0 Å². The summed E-state index contributed by atoms with van der Waals surface area (Å²) in [5.74, 6) is -1.31. The molecule has 1 aromatic rings. The zero-order valence-electron chi connectivity index (χ0n) is 16.8. The number of ether oxygens (including phenoxy) is 1. The summed E-state index contributed by atoms with van der Waals surface area (Å²) < 4.78 is 4.63. The normalized spacial score (nSPS) is 10.3. The molecule has 0 saturated heterocycles. The summed E-state index contributed by atoms with van der Waals surface area (Å²) in [4.78, 5) is 48.6. The third-order valence-corrected chi connectivity index (χ3v) is 4.02. The Hall–Kier alpha value is -2.94. The molecule has 4 amide bonds. The van der Waals surface area contributed by atoms with Gasteiger partial charge < -0.3 is 15.4 Å². The molecule has 28 heavy (non-hydrogen) atoms. The lowest BCUT2D eigenvalue weighted by molar-refractivity contribution is -0.126. The van der Waals surface area contributed by atoms with Crippen molar-refractivity contribution in [1.82, 2.24) is 15.5 Å². The number of imide groups is 1. The number of carbonyl (C=O) groups excluding carboxylic acids is 4. The van der Waals surface area contributed by atoms with Gasteiger partial charge in [0.25, 0.3) is 0 Å². The number of hydrogen-bond acceptors (Lipinski definition) is 6. The fourth-order valence-corrected chi connectivity index (χ4v) is 2.32. The SMILES string of the molecule is CCOC(=O)NC(=O)CN(CC)CC(=O)NCC(=O)Nc1cccc(C)c1C. The number of rotatable bonds is 9. The third-order valence-electron chi connectivity index (χ3n) is 4.02. The molecule has 0 saturated carbocycles. The summed E-state index contributed by atoms with van der Waals surface area (Å²) in [6.45, 7) is 7.43. The van der Waals surface area contributed by atoms with Crippen LogP contribution in [-0.2, 0) is 19.1 Å². The maximum absolute atomic E-state index is 12.0. The van der Waals surface area contributed by atoms with Crippen molar-refractivity contribution in [2.24, 2.45) is 0 Å².